The summed E-state index contributed by atoms with van der Waals surface area (Å²) in [6, 6.07) is 12.7. The van der Waals surface area contributed by atoms with Crippen LogP contribution >= 0.6 is 15.9 Å². The summed E-state index contributed by atoms with van der Waals surface area (Å²) in [6.07, 6.45) is 3.82. The van der Waals surface area contributed by atoms with Crippen molar-refractivity contribution in [1.82, 2.24) is 4.90 Å². The van der Waals surface area contributed by atoms with Gasteiger partial charge in [0.25, 0.3) is 0 Å². The van der Waals surface area contributed by atoms with Gasteiger partial charge in [-0.2, -0.15) is 0 Å². The van der Waals surface area contributed by atoms with Crippen molar-refractivity contribution in [2.75, 3.05) is 7.11 Å². The molecule has 8 heteroatoms. The number of likely N-dealkylation sites (tertiary alicyclic amines) is 1. The Kier molecular flexibility index (Phi) is 6.18. The van der Waals surface area contributed by atoms with E-state index < -0.39 is 23.7 Å². The van der Waals surface area contributed by atoms with Crippen molar-refractivity contribution in [3.05, 3.63) is 92.5 Å². The number of methoxy groups -OCH3 is 1. The van der Waals surface area contributed by atoms with Gasteiger partial charge in [-0.15, -0.1) is 0 Å². The number of carbonyl (C=O) groups is 4. The maximum absolute atomic E-state index is 13.9. The van der Waals surface area contributed by atoms with Crippen LogP contribution in [0, 0.1) is 17.8 Å². The molecule has 2 aromatic rings. The first-order chi connectivity index (χ1) is 18.7. The Balaban J connectivity index is 1.49. The van der Waals surface area contributed by atoms with E-state index >= 15 is 0 Å². The number of fused-ring (bicyclic) bond motifs is 3. The summed E-state index contributed by atoms with van der Waals surface area (Å²) < 4.78 is 6.02. The average Bonchev–Trinajstić information content (AvgIpc) is 3.17. The number of Topliss-reactive ketones (excluding diaryl/α,β-unsaturated/α-hetero) is 1. The molecule has 4 atom stereocenters. The number of ether oxygens (including phenoxy) is 1. The number of phenolic OH excluding ortho intramolecular Hbond substituents is 1. The Hall–Kier alpha value is -3.78. The summed E-state index contributed by atoms with van der Waals surface area (Å²) in [5.41, 5.74) is 3.06. The second-order valence-corrected chi connectivity index (χ2v) is 11.4. The predicted molar refractivity (Wildman–Crippen MR) is 146 cm³/mol. The Morgan fingerprint density at radius 3 is 2.51 bits per heavy atom. The molecular formula is C31H26BrNO6. The minimum atomic E-state index is -0.753. The fraction of sp³-hybridized carbons (Fsp3) is 0.290. The van der Waals surface area contributed by atoms with Crippen LogP contribution in [0.5, 0.6) is 11.5 Å². The van der Waals surface area contributed by atoms with E-state index in [2.05, 4.69) is 15.9 Å². The molecule has 6 rings (SSSR count). The van der Waals surface area contributed by atoms with Crippen molar-refractivity contribution in [3.63, 3.8) is 0 Å². The second kappa shape index (κ2) is 9.45. The molecule has 0 bridgehead atoms. The number of benzene rings is 2. The van der Waals surface area contributed by atoms with E-state index in [1.54, 1.807) is 19.1 Å². The van der Waals surface area contributed by atoms with Crippen LogP contribution < -0.4 is 4.74 Å². The van der Waals surface area contributed by atoms with E-state index in [1.165, 1.54) is 18.1 Å². The molecule has 1 saturated heterocycles. The van der Waals surface area contributed by atoms with E-state index in [0.29, 0.717) is 33.2 Å². The molecule has 7 nitrogen and oxygen atoms in total. The lowest BCUT2D eigenvalue weighted by Crippen LogP contribution is -2.39. The minimum absolute atomic E-state index is 0.131. The Morgan fingerprint density at radius 1 is 1.05 bits per heavy atom. The van der Waals surface area contributed by atoms with Crippen molar-refractivity contribution >= 4 is 39.3 Å². The maximum atomic E-state index is 13.9. The van der Waals surface area contributed by atoms with Crippen molar-refractivity contribution < 1.29 is 29.0 Å². The zero-order chi connectivity index (χ0) is 27.6. The summed E-state index contributed by atoms with van der Waals surface area (Å²) in [5, 5.41) is 11.2. The molecule has 0 saturated carbocycles. The molecule has 1 heterocycles. The minimum Gasteiger partial charge on any atom is -0.504 e. The number of imide groups is 1. The Bertz CT molecular complexity index is 1550. The molecule has 0 aromatic heterocycles. The molecule has 39 heavy (non-hydrogen) atoms. The smallest absolute Gasteiger partial charge is 0.234 e. The van der Waals surface area contributed by atoms with Crippen molar-refractivity contribution in [1.29, 1.82) is 0 Å². The second-order valence-electron chi connectivity index (χ2n) is 10.5. The number of phenols is 1. The lowest BCUT2D eigenvalue weighted by Gasteiger charge is -2.42. The first kappa shape index (κ1) is 25.5. The maximum Gasteiger partial charge on any atom is 0.234 e. The summed E-state index contributed by atoms with van der Waals surface area (Å²) in [6.45, 7) is 1.80. The van der Waals surface area contributed by atoms with Crippen LogP contribution in [-0.4, -0.2) is 40.5 Å². The monoisotopic (exact) mass is 587 g/mol. The fourth-order valence-electron chi connectivity index (χ4n) is 6.67. The van der Waals surface area contributed by atoms with Gasteiger partial charge in [0.15, 0.2) is 23.1 Å². The highest BCUT2D eigenvalue weighted by Gasteiger charge is 2.56. The lowest BCUT2D eigenvalue weighted by molar-refractivity contribution is -0.140. The summed E-state index contributed by atoms with van der Waals surface area (Å²) >= 11 is 3.48. The Labute approximate surface area is 234 Å². The van der Waals surface area contributed by atoms with Gasteiger partial charge < -0.3 is 9.84 Å². The highest BCUT2D eigenvalue weighted by Crippen LogP contribution is 2.57. The zero-order valence-electron chi connectivity index (χ0n) is 21.4. The van der Waals surface area contributed by atoms with Crippen molar-refractivity contribution in [2.45, 2.75) is 32.2 Å². The number of ketones is 2. The third kappa shape index (κ3) is 3.92. The van der Waals surface area contributed by atoms with Crippen LogP contribution in [0.3, 0.4) is 0 Å². The van der Waals surface area contributed by atoms with Gasteiger partial charge in [0.05, 0.1) is 25.5 Å². The standard InChI is InChI=1S/C31H26BrNO6/c1-15-10-23(34)21-13-20-18(25(27(21)28(15)35)22-11-17(32)12-24(39-2)29(22)36)8-9-19-26(20)31(38)33(30(19)37)14-16-6-4-3-5-7-16/h3-8,10-12,19-20,25-26,36H,9,13-14H2,1-2H3/t19-,20+,25+,26-/m0/s1. The number of amides is 2. The first-order valence-corrected chi connectivity index (χ1v) is 13.7. The molecule has 3 aliphatic carbocycles. The third-order valence-electron chi connectivity index (χ3n) is 8.44. The van der Waals surface area contributed by atoms with Crippen LogP contribution in [0.1, 0.15) is 36.8 Å². The van der Waals surface area contributed by atoms with Gasteiger partial charge >= 0.3 is 0 Å². The van der Waals surface area contributed by atoms with Gasteiger partial charge in [-0.25, -0.2) is 0 Å². The molecular weight excluding hydrogens is 562 g/mol. The highest BCUT2D eigenvalue weighted by molar-refractivity contribution is 9.10. The van der Waals surface area contributed by atoms with Crippen LogP contribution in [0.25, 0.3) is 0 Å². The number of allylic oxidation sites excluding steroid dienone is 6. The SMILES string of the molecule is COc1cc(Br)cc([C@H]2C3=CC[C@@H]4C(=O)N(Cc5ccccc5)C(=O)[C@@H]4[C@@H]3CC3=C2C(=O)C(C)=CC3=O)c1O. The number of carbonyl (C=O) groups excluding carboxylic acids is 4. The molecule has 0 spiro atoms. The van der Waals surface area contributed by atoms with Gasteiger partial charge in [0, 0.05) is 32.7 Å². The molecule has 1 fully saturated rings. The average molecular weight is 588 g/mol. The number of hydrogen-bond acceptors (Lipinski definition) is 6. The summed E-state index contributed by atoms with van der Waals surface area (Å²) in [5.74, 6) is -3.30. The van der Waals surface area contributed by atoms with E-state index in [1.807, 2.05) is 36.4 Å². The third-order valence-corrected chi connectivity index (χ3v) is 8.90. The van der Waals surface area contributed by atoms with Gasteiger partial charge in [0.1, 0.15) is 0 Å². The number of aromatic hydroxyl groups is 1. The largest absolute Gasteiger partial charge is 0.504 e. The van der Waals surface area contributed by atoms with Crippen molar-refractivity contribution in [2.24, 2.45) is 17.8 Å². The van der Waals surface area contributed by atoms with Gasteiger partial charge in [0.2, 0.25) is 11.8 Å². The number of halogens is 1. The fourth-order valence-corrected chi connectivity index (χ4v) is 7.13. The Morgan fingerprint density at radius 2 is 1.79 bits per heavy atom. The van der Waals surface area contributed by atoms with Crippen LogP contribution in [0.4, 0.5) is 0 Å². The molecule has 1 N–H and O–H groups in total. The van der Waals surface area contributed by atoms with E-state index in [0.717, 1.165) is 11.1 Å². The lowest BCUT2D eigenvalue weighted by atomic mass is 9.59. The van der Waals surface area contributed by atoms with E-state index in [4.69, 9.17) is 4.74 Å². The van der Waals surface area contributed by atoms with Crippen LogP contribution in [-0.2, 0) is 25.7 Å². The number of nitrogens with zero attached hydrogens (tertiary/aromatic N) is 1. The van der Waals surface area contributed by atoms with Gasteiger partial charge in [-0.1, -0.05) is 57.9 Å². The number of rotatable bonds is 4. The molecule has 2 aromatic carbocycles. The number of hydrogen-bond donors (Lipinski definition) is 1. The topological polar surface area (TPSA) is 101 Å². The molecule has 0 unspecified atom stereocenters. The zero-order valence-corrected chi connectivity index (χ0v) is 23.0. The normalized spacial score (nSPS) is 26.2. The predicted octanol–water partition coefficient (Wildman–Crippen LogP) is 4.79. The molecule has 1 aliphatic heterocycles. The molecule has 0 radical (unpaired) electrons. The van der Waals surface area contributed by atoms with Gasteiger partial charge in [-0.3, -0.25) is 24.1 Å². The van der Waals surface area contributed by atoms with E-state index in [9.17, 15) is 24.3 Å². The molecule has 2 amide bonds. The first-order valence-electron chi connectivity index (χ1n) is 12.9. The molecule has 4 aliphatic rings. The quantitative estimate of drug-likeness (QED) is 0.313. The van der Waals surface area contributed by atoms with Crippen LogP contribution in [0.2, 0.25) is 0 Å². The van der Waals surface area contributed by atoms with Gasteiger partial charge in [-0.05, 0) is 49.5 Å². The van der Waals surface area contributed by atoms with Crippen molar-refractivity contribution in [3.8, 4) is 11.5 Å². The van der Waals surface area contributed by atoms with E-state index in [-0.39, 0.29) is 47.8 Å². The van der Waals surface area contributed by atoms with Crippen LogP contribution in [0.15, 0.2) is 81.4 Å². The highest BCUT2D eigenvalue weighted by atomic mass is 79.9. The molecule has 198 valence electrons. The summed E-state index contributed by atoms with van der Waals surface area (Å²) in [7, 11) is 1.44. The summed E-state index contributed by atoms with van der Waals surface area (Å²) in [4.78, 5) is 55.5.